The van der Waals surface area contributed by atoms with Gasteiger partial charge in [-0.3, -0.25) is 14.4 Å². The Kier molecular flexibility index (Phi) is 5.33. The van der Waals surface area contributed by atoms with Gasteiger partial charge in [-0.1, -0.05) is 18.2 Å². The summed E-state index contributed by atoms with van der Waals surface area (Å²) in [5.74, 6) is -0.0316. The van der Waals surface area contributed by atoms with Crippen LogP contribution in [0.15, 0.2) is 30.3 Å². The third-order valence-electron chi connectivity index (χ3n) is 5.71. The van der Waals surface area contributed by atoms with Crippen molar-refractivity contribution in [2.24, 2.45) is 0 Å². The molecule has 8 heteroatoms. The Morgan fingerprint density at radius 3 is 2.45 bits per heavy atom. The third-order valence-corrected chi connectivity index (χ3v) is 5.71. The standard InChI is InChI=1S/C21H25N5O3/c1-23(16-7-3-2-4-8-16)20(28)18-17-9-5-6-10-26(17)19(22-18)21(29)25-13-11-24(15-27)12-14-25/h2-4,7-8,15H,5-6,9-14H2,1H3. The molecule has 0 aliphatic carbocycles. The average Bonchev–Trinajstić information content (AvgIpc) is 3.18. The maximum atomic E-state index is 13.2. The van der Waals surface area contributed by atoms with Gasteiger partial charge in [-0.25, -0.2) is 4.98 Å². The van der Waals surface area contributed by atoms with Gasteiger partial charge >= 0.3 is 0 Å². The molecule has 4 rings (SSSR count). The third kappa shape index (κ3) is 3.62. The van der Waals surface area contributed by atoms with E-state index in [9.17, 15) is 14.4 Å². The molecule has 2 aromatic rings. The first kappa shape index (κ1) is 19.2. The largest absolute Gasteiger partial charge is 0.342 e. The predicted molar refractivity (Wildman–Crippen MR) is 108 cm³/mol. The molecule has 29 heavy (non-hydrogen) atoms. The number of imidazole rings is 1. The molecule has 0 bridgehead atoms. The summed E-state index contributed by atoms with van der Waals surface area (Å²) < 4.78 is 1.92. The zero-order chi connectivity index (χ0) is 20.4. The molecule has 1 aromatic carbocycles. The van der Waals surface area contributed by atoms with E-state index in [4.69, 9.17) is 0 Å². The lowest BCUT2D eigenvalue weighted by Gasteiger charge is -2.32. The minimum absolute atomic E-state index is 0.167. The van der Waals surface area contributed by atoms with E-state index in [-0.39, 0.29) is 11.8 Å². The molecule has 1 fully saturated rings. The summed E-state index contributed by atoms with van der Waals surface area (Å²) in [5, 5.41) is 0. The van der Waals surface area contributed by atoms with Crippen molar-refractivity contribution in [2.45, 2.75) is 25.8 Å². The Hall–Kier alpha value is -3.16. The first-order valence-electron chi connectivity index (χ1n) is 10.0. The van der Waals surface area contributed by atoms with E-state index < -0.39 is 0 Å². The van der Waals surface area contributed by atoms with Gasteiger partial charge in [0, 0.05) is 45.5 Å². The molecular formula is C21H25N5O3. The van der Waals surface area contributed by atoms with Crippen LogP contribution in [0.4, 0.5) is 5.69 Å². The van der Waals surface area contributed by atoms with Gasteiger partial charge in [-0.05, 0) is 31.4 Å². The highest BCUT2D eigenvalue weighted by atomic mass is 16.2. The lowest BCUT2D eigenvalue weighted by Crippen LogP contribution is -2.48. The van der Waals surface area contributed by atoms with Crippen LogP contribution in [0.3, 0.4) is 0 Å². The van der Waals surface area contributed by atoms with Crippen LogP contribution in [0.5, 0.6) is 0 Å². The number of hydrogen-bond donors (Lipinski definition) is 0. The van der Waals surface area contributed by atoms with Crippen molar-refractivity contribution in [3.63, 3.8) is 0 Å². The van der Waals surface area contributed by atoms with E-state index in [0.717, 1.165) is 37.1 Å². The Labute approximate surface area is 169 Å². The fourth-order valence-electron chi connectivity index (χ4n) is 3.98. The summed E-state index contributed by atoms with van der Waals surface area (Å²) >= 11 is 0. The lowest BCUT2D eigenvalue weighted by molar-refractivity contribution is -0.119. The smallest absolute Gasteiger partial charge is 0.290 e. The average molecular weight is 395 g/mol. The number of anilines is 1. The summed E-state index contributed by atoms with van der Waals surface area (Å²) in [6.07, 6.45) is 3.50. The van der Waals surface area contributed by atoms with Crippen molar-refractivity contribution in [1.29, 1.82) is 0 Å². The van der Waals surface area contributed by atoms with Crippen LogP contribution < -0.4 is 4.90 Å². The van der Waals surface area contributed by atoms with E-state index in [2.05, 4.69) is 4.98 Å². The number of piperazine rings is 1. The fourth-order valence-corrected chi connectivity index (χ4v) is 3.98. The number of hydrogen-bond acceptors (Lipinski definition) is 4. The molecule has 1 saturated heterocycles. The molecule has 3 heterocycles. The Bertz CT molecular complexity index is 916. The number of nitrogens with zero attached hydrogens (tertiary/aromatic N) is 5. The van der Waals surface area contributed by atoms with E-state index in [1.54, 1.807) is 21.7 Å². The van der Waals surface area contributed by atoms with Gasteiger partial charge in [0.2, 0.25) is 6.41 Å². The molecule has 1 aromatic heterocycles. The van der Waals surface area contributed by atoms with Gasteiger partial charge in [-0.2, -0.15) is 0 Å². The van der Waals surface area contributed by atoms with Crippen molar-refractivity contribution in [3.8, 4) is 0 Å². The van der Waals surface area contributed by atoms with Gasteiger partial charge < -0.3 is 19.3 Å². The number of carbonyl (C=O) groups is 3. The predicted octanol–water partition coefficient (Wildman–Crippen LogP) is 1.41. The van der Waals surface area contributed by atoms with Crippen LogP contribution in [0.2, 0.25) is 0 Å². The zero-order valence-corrected chi connectivity index (χ0v) is 16.6. The van der Waals surface area contributed by atoms with Gasteiger partial charge in [0.05, 0.1) is 5.69 Å². The second-order valence-electron chi connectivity index (χ2n) is 7.47. The molecule has 2 aliphatic rings. The molecule has 152 valence electrons. The summed E-state index contributed by atoms with van der Waals surface area (Å²) in [6, 6.07) is 9.42. The maximum absolute atomic E-state index is 13.2. The van der Waals surface area contributed by atoms with Crippen molar-refractivity contribution in [1.82, 2.24) is 19.4 Å². The summed E-state index contributed by atoms with van der Waals surface area (Å²) in [5.41, 5.74) is 2.00. The highest BCUT2D eigenvalue weighted by molar-refractivity contribution is 6.06. The van der Waals surface area contributed by atoms with Crippen molar-refractivity contribution in [3.05, 3.63) is 47.5 Å². The van der Waals surface area contributed by atoms with Crippen molar-refractivity contribution >= 4 is 23.9 Å². The number of para-hydroxylation sites is 1. The number of benzene rings is 1. The SMILES string of the molecule is CN(C(=O)c1nc(C(=O)N2CCN(C=O)CC2)n2c1CCCC2)c1ccccc1. The Morgan fingerprint density at radius 1 is 1.03 bits per heavy atom. The number of rotatable bonds is 4. The molecule has 0 unspecified atom stereocenters. The van der Waals surface area contributed by atoms with Crippen LogP contribution in [-0.4, -0.2) is 70.8 Å². The maximum Gasteiger partial charge on any atom is 0.290 e. The van der Waals surface area contributed by atoms with Crippen LogP contribution in [0.1, 0.15) is 39.6 Å². The molecule has 0 N–H and O–H groups in total. The monoisotopic (exact) mass is 395 g/mol. The van der Waals surface area contributed by atoms with E-state index in [1.807, 2.05) is 34.9 Å². The van der Waals surface area contributed by atoms with Crippen LogP contribution in [0.25, 0.3) is 0 Å². The molecule has 3 amide bonds. The van der Waals surface area contributed by atoms with Gasteiger partial charge in [-0.15, -0.1) is 0 Å². The molecule has 8 nitrogen and oxygen atoms in total. The Balaban J connectivity index is 1.63. The highest BCUT2D eigenvalue weighted by Crippen LogP contribution is 2.24. The molecule has 0 radical (unpaired) electrons. The fraction of sp³-hybridized carbons (Fsp3) is 0.429. The molecule has 2 aliphatic heterocycles. The number of carbonyl (C=O) groups excluding carboxylic acids is 3. The second kappa shape index (κ2) is 8.06. The number of fused-ring (bicyclic) bond motifs is 1. The minimum atomic E-state index is -0.202. The second-order valence-corrected chi connectivity index (χ2v) is 7.47. The minimum Gasteiger partial charge on any atom is -0.342 e. The van der Waals surface area contributed by atoms with E-state index in [0.29, 0.717) is 44.2 Å². The number of amides is 3. The summed E-state index contributed by atoms with van der Waals surface area (Å²) in [7, 11) is 1.73. The van der Waals surface area contributed by atoms with Crippen molar-refractivity contribution in [2.75, 3.05) is 38.1 Å². The molecular weight excluding hydrogens is 370 g/mol. The lowest BCUT2D eigenvalue weighted by atomic mass is 10.1. The zero-order valence-electron chi connectivity index (χ0n) is 16.6. The van der Waals surface area contributed by atoms with Gasteiger partial charge in [0.1, 0.15) is 0 Å². The highest BCUT2D eigenvalue weighted by Gasteiger charge is 2.32. The van der Waals surface area contributed by atoms with Gasteiger partial charge in [0.25, 0.3) is 11.8 Å². The quantitative estimate of drug-likeness (QED) is 0.734. The van der Waals surface area contributed by atoms with Crippen LogP contribution in [-0.2, 0) is 17.8 Å². The summed E-state index contributed by atoms with van der Waals surface area (Å²) in [6.45, 7) is 2.69. The normalized spacial score (nSPS) is 16.3. The summed E-state index contributed by atoms with van der Waals surface area (Å²) in [4.78, 5) is 46.8. The number of aromatic nitrogens is 2. The van der Waals surface area contributed by atoms with Crippen molar-refractivity contribution < 1.29 is 14.4 Å². The van der Waals surface area contributed by atoms with Gasteiger partial charge in [0.15, 0.2) is 11.5 Å². The van der Waals surface area contributed by atoms with Crippen LogP contribution in [0, 0.1) is 0 Å². The Morgan fingerprint density at radius 2 is 1.76 bits per heavy atom. The first-order valence-corrected chi connectivity index (χ1v) is 10.0. The van der Waals surface area contributed by atoms with Crippen LogP contribution >= 0.6 is 0 Å². The first-order chi connectivity index (χ1) is 14.1. The van der Waals surface area contributed by atoms with E-state index in [1.165, 1.54) is 0 Å². The topological polar surface area (TPSA) is 78.8 Å². The molecule has 0 spiro atoms. The molecule has 0 saturated carbocycles. The molecule has 0 atom stereocenters. The van der Waals surface area contributed by atoms with E-state index >= 15 is 0 Å².